The van der Waals surface area contributed by atoms with Crippen LogP contribution >= 0.6 is 0 Å². The molecule has 4 N–H and O–H groups in total. The number of carbonyl (C=O) groups is 2. The van der Waals surface area contributed by atoms with Gasteiger partial charge in [-0.25, -0.2) is 0 Å². The fourth-order valence-electron chi connectivity index (χ4n) is 1.93. The molecule has 3 unspecified atom stereocenters. The van der Waals surface area contributed by atoms with E-state index in [9.17, 15) is 9.59 Å². The number of rotatable bonds is 4. The normalized spacial score (nSPS) is 33.8. The zero-order valence-corrected chi connectivity index (χ0v) is 7.30. The summed E-state index contributed by atoms with van der Waals surface area (Å²) in [5.74, 6) is -3.07. The van der Waals surface area contributed by atoms with Crippen molar-refractivity contribution in [2.45, 2.75) is 19.4 Å². The highest BCUT2D eigenvalue weighted by molar-refractivity contribution is 5.80. The Morgan fingerprint density at radius 1 is 1.46 bits per heavy atom. The second-order valence-corrected chi connectivity index (χ2v) is 3.38. The molecular formula is C8H13NO4. The first-order valence-corrected chi connectivity index (χ1v) is 4.21. The SMILES string of the molecule is CCC1C(C(=O)O)C1[C@@H](N)C(=O)O. The third-order valence-corrected chi connectivity index (χ3v) is 2.69. The van der Waals surface area contributed by atoms with Gasteiger partial charge in [-0.1, -0.05) is 13.3 Å². The Morgan fingerprint density at radius 3 is 2.23 bits per heavy atom. The summed E-state index contributed by atoms with van der Waals surface area (Å²) in [7, 11) is 0. The van der Waals surface area contributed by atoms with Crippen molar-refractivity contribution in [3.8, 4) is 0 Å². The van der Waals surface area contributed by atoms with Gasteiger partial charge in [0.05, 0.1) is 5.92 Å². The molecule has 1 aliphatic rings. The number of nitrogens with two attached hydrogens (primary N) is 1. The van der Waals surface area contributed by atoms with Crippen LogP contribution in [0.5, 0.6) is 0 Å². The van der Waals surface area contributed by atoms with Crippen LogP contribution in [0.1, 0.15) is 13.3 Å². The quantitative estimate of drug-likeness (QED) is 0.563. The second kappa shape index (κ2) is 3.33. The first kappa shape index (κ1) is 9.98. The largest absolute Gasteiger partial charge is 0.481 e. The van der Waals surface area contributed by atoms with Gasteiger partial charge in [0.25, 0.3) is 0 Å². The van der Waals surface area contributed by atoms with Gasteiger partial charge in [0.2, 0.25) is 0 Å². The maximum absolute atomic E-state index is 10.6. The van der Waals surface area contributed by atoms with E-state index in [0.717, 1.165) is 0 Å². The first-order chi connectivity index (χ1) is 6.00. The van der Waals surface area contributed by atoms with Crippen molar-refractivity contribution in [2.75, 3.05) is 0 Å². The monoisotopic (exact) mass is 187 g/mol. The summed E-state index contributed by atoms with van der Waals surface area (Å²) < 4.78 is 0. The van der Waals surface area contributed by atoms with E-state index < -0.39 is 23.9 Å². The van der Waals surface area contributed by atoms with Gasteiger partial charge >= 0.3 is 11.9 Å². The van der Waals surface area contributed by atoms with Crippen molar-refractivity contribution in [2.24, 2.45) is 23.5 Å². The minimum absolute atomic E-state index is 0.0661. The lowest BCUT2D eigenvalue weighted by Crippen LogP contribution is -2.34. The first-order valence-electron chi connectivity index (χ1n) is 4.21. The van der Waals surface area contributed by atoms with Crippen LogP contribution in [0.15, 0.2) is 0 Å². The van der Waals surface area contributed by atoms with Crippen LogP contribution in [0.3, 0.4) is 0 Å². The number of hydrogen-bond donors (Lipinski definition) is 3. The second-order valence-electron chi connectivity index (χ2n) is 3.38. The Labute approximate surface area is 75.5 Å². The molecular weight excluding hydrogens is 174 g/mol. The topological polar surface area (TPSA) is 101 Å². The molecule has 0 aromatic carbocycles. The van der Waals surface area contributed by atoms with Gasteiger partial charge in [-0.05, 0) is 5.92 Å². The Balaban J connectivity index is 2.63. The van der Waals surface area contributed by atoms with E-state index in [-0.39, 0.29) is 11.8 Å². The van der Waals surface area contributed by atoms with E-state index in [1.807, 2.05) is 6.92 Å². The molecule has 0 aliphatic heterocycles. The number of carboxylic acids is 2. The highest BCUT2D eigenvalue weighted by atomic mass is 16.4. The summed E-state index contributed by atoms with van der Waals surface area (Å²) in [6.07, 6.45) is 0.669. The highest BCUT2D eigenvalue weighted by Crippen LogP contribution is 2.50. The zero-order valence-electron chi connectivity index (χ0n) is 7.30. The van der Waals surface area contributed by atoms with Gasteiger partial charge in [0, 0.05) is 5.92 Å². The number of carboxylic acid groups (broad SMARTS) is 2. The fourth-order valence-corrected chi connectivity index (χ4v) is 1.93. The van der Waals surface area contributed by atoms with Gasteiger partial charge in [-0.15, -0.1) is 0 Å². The molecule has 1 saturated carbocycles. The molecule has 1 fully saturated rings. The number of aliphatic carboxylic acids is 2. The van der Waals surface area contributed by atoms with E-state index in [2.05, 4.69) is 0 Å². The van der Waals surface area contributed by atoms with E-state index in [0.29, 0.717) is 6.42 Å². The molecule has 0 amide bonds. The maximum Gasteiger partial charge on any atom is 0.320 e. The predicted molar refractivity (Wildman–Crippen MR) is 44.0 cm³/mol. The van der Waals surface area contributed by atoms with Gasteiger partial charge in [-0.3, -0.25) is 9.59 Å². The van der Waals surface area contributed by atoms with E-state index >= 15 is 0 Å². The van der Waals surface area contributed by atoms with Gasteiger partial charge in [-0.2, -0.15) is 0 Å². The minimum Gasteiger partial charge on any atom is -0.481 e. The van der Waals surface area contributed by atoms with Crippen LogP contribution in [0.25, 0.3) is 0 Å². The molecule has 0 saturated heterocycles. The van der Waals surface area contributed by atoms with Crippen molar-refractivity contribution in [1.29, 1.82) is 0 Å². The molecule has 0 aromatic heterocycles. The van der Waals surface area contributed by atoms with Crippen molar-refractivity contribution < 1.29 is 19.8 Å². The summed E-state index contributed by atoms with van der Waals surface area (Å²) in [4.78, 5) is 21.1. The van der Waals surface area contributed by atoms with Crippen LogP contribution in [0.2, 0.25) is 0 Å². The lowest BCUT2D eigenvalue weighted by Gasteiger charge is -2.03. The van der Waals surface area contributed by atoms with Gasteiger partial charge in [0.15, 0.2) is 0 Å². The third kappa shape index (κ3) is 1.65. The van der Waals surface area contributed by atoms with Crippen molar-refractivity contribution in [3.63, 3.8) is 0 Å². The zero-order chi connectivity index (χ0) is 10.2. The maximum atomic E-state index is 10.6. The molecule has 4 atom stereocenters. The van der Waals surface area contributed by atoms with Crippen LogP contribution in [0.4, 0.5) is 0 Å². The van der Waals surface area contributed by atoms with Gasteiger partial charge in [0.1, 0.15) is 6.04 Å². The minimum atomic E-state index is -1.12. The van der Waals surface area contributed by atoms with Crippen molar-refractivity contribution >= 4 is 11.9 Å². The molecule has 0 bridgehead atoms. The standard InChI is InChI=1S/C8H13NO4/c1-2-3-4(5(3)7(10)11)6(9)8(12)13/h3-6H,2,9H2,1H3,(H,10,11)(H,12,13)/t3?,4?,5?,6-/m1/s1. The van der Waals surface area contributed by atoms with E-state index in [1.54, 1.807) is 0 Å². The summed E-state index contributed by atoms with van der Waals surface area (Å²) in [6.45, 7) is 1.84. The summed E-state index contributed by atoms with van der Waals surface area (Å²) in [5.41, 5.74) is 5.35. The molecule has 13 heavy (non-hydrogen) atoms. The molecule has 0 spiro atoms. The Kier molecular flexibility index (Phi) is 2.56. The third-order valence-electron chi connectivity index (χ3n) is 2.69. The lowest BCUT2D eigenvalue weighted by atomic mass is 10.1. The number of hydrogen-bond acceptors (Lipinski definition) is 3. The Hall–Kier alpha value is -1.10. The summed E-state index contributed by atoms with van der Waals surface area (Å²) in [5, 5.41) is 17.3. The average molecular weight is 187 g/mol. The fraction of sp³-hybridized carbons (Fsp3) is 0.750. The van der Waals surface area contributed by atoms with Crippen LogP contribution in [-0.4, -0.2) is 28.2 Å². The Morgan fingerprint density at radius 2 is 2.00 bits per heavy atom. The predicted octanol–water partition coefficient (Wildman–Crippen LogP) is -0.245. The molecule has 5 heteroatoms. The summed E-state index contributed by atoms with van der Waals surface area (Å²) in [6, 6.07) is -1.04. The van der Waals surface area contributed by atoms with E-state index in [4.69, 9.17) is 15.9 Å². The van der Waals surface area contributed by atoms with Crippen LogP contribution in [0, 0.1) is 17.8 Å². The molecule has 0 aromatic rings. The van der Waals surface area contributed by atoms with E-state index in [1.165, 1.54) is 0 Å². The van der Waals surface area contributed by atoms with Crippen molar-refractivity contribution in [3.05, 3.63) is 0 Å². The molecule has 1 aliphatic carbocycles. The van der Waals surface area contributed by atoms with Gasteiger partial charge < -0.3 is 15.9 Å². The molecule has 74 valence electrons. The lowest BCUT2D eigenvalue weighted by molar-refractivity contribution is -0.140. The highest BCUT2D eigenvalue weighted by Gasteiger charge is 2.58. The molecule has 0 radical (unpaired) electrons. The van der Waals surface area contributed by atoms with Crippen LogP contribution < -0.4 is 5.73 Å². The smallest absolute Gasteiger partial charge is 0.320 e. The Bertz CT molecular complexity index is 240. The van der Waals surface area contributed by atoms with Crippen LogP contribution in [-0.2, 0) is 9.59 Å². The molecule has 1 rings (SSSR count). The molecule has 0 heterocycles. The summed E-state index contributed by atoms with van der Waals surface area (Å²) >= 11 is 0. The van der Waals surface area contributed by atoms with Crippen molar-refractivity contribution in [1.82, 2.24) is 0 Å². The average Bonchev–Trinajstić information content (AvgIpc) is 2.76. The molecule has 5 nitrogen and oxygen atoms in total.